The van der Waals surface area contributed by atoms with Crippen molar-refractivity contribution < 1.29 is 4.21 Å². The van der Waals surface area contributed by atoms with E-state index in [0.29, 0.717) is 5.16 Å². The molecule has 60 valence electrons. The predicted octanol–water partition coefficient (Wildman–Crippen LogP) is 0.831. The molecule has 1 aromatic heterocycles. The largest absolute Gasteiger partial charge is 0.251 e. The number of aryl methyl sites for hydroxylation is 2. The lowest BCUT2D eigenvalue weighted by atomic mass is 10.4. The number of hydrogen-bond donors (Lipinski definition) is 0. The van der Waals surface area contributed by atoms with Gasteiger partial charge < -0.3 is 0 Å². The zero-order valence-electron chi connectivity index (χ0n) is 6.79. The van der Waals surface area contributed by atoms with Crippen molar-refractivity contribution in [3.8, 4) is 0 Å². The Morgan fingerprint density at radius 2 is 1.73 bits per heavy atom. The summed E-state index contributed by atoms with van der Waals surface area (Å²) in [6, 6.07) is 1.86. The first kappa shape index (κ1) is 8.33. The van der Waals surface area contributed by atoms with Gasteiger partial charge in [0.2, 0.25) is 5.16 Å². The highest BCUT2D eigenvalue weighted by molar-refractivity contribution is 7.84. The number of rotatable bonds is 1. The molecule has 0 amide bonds. The van der Waals surface area contributed by atoms with Gasteiger partial charge in [0.25, 0.3) is 0 Å². The molecule has 0 saturated heterocycles. The van der Waals surface area contributed by atoms with Gasteiger partial charge in [-0.15, -0.1) is 0 Å². The molecule has 0 aliphatic carbocycles. The van der Waals surface area contributed by atoms with Gasteiger partial charge in [0, 0.05) is 17.6 Å². The van der Waals surface area contributed by atoms with E-state index in [9.17, 15) is 4.21 Å². The molecular formula is C7H10N2OS. The van der Waals surface area contributed by atoms with E-state index in [1.165, 1.54) is 0 Å². The van der Waals surface area contributed by atoms with Crippen LogP contribution in [0.4, 0.5) is 0 Å². The van der Waals surface area contributed by atoms with E-state index in [1.54, 1.807) is 6.26 Å². The highest BCUT2D eigenvalue weighted by Crippen LogP contribution is 2.01. The first-order valence-electron chi connectivity index (χ1n) is 3.25. The van der Waals surface area contributed by atoms with Gasteiger partial charge in [-0.1, -0.05) is 0 Å². The highest BCUT2D eigenvalue weighted by atomic mass is 32.2. The Bertz CT molecular complexity index is 278. The Labute approximate surface area is 68.3 Å². The fraction of sp³-hybridized carbons (Fsp3) is 0.429. The van der Waals surface area contributed by atoms with Crippen LogP contribution < -0.4 is 0 Å². The van der Waals surface area contributed by atoms with Crippen molar-refractivity contribution >= 4 is 10.8 Å². The lowest BCUT2D eigenvalue weighted by Gasteiger charge is -1.98. The standard InChI is InChI=1S/C7H10N2OS/c1-5-4-6(2)9-7(8-5)11(3)10/h4H,1-3H3. The van der Waals surface area contributed by atoms with Crippen LogP contribution in [0.3, 0.4) is 0 Å². The highest BCUT2D eigenvalue weighted by Gasteiger charge is 2.01. The Morgan fingerprint density at radius 1 is 1.27 bits per heavy atom. The van der Waals surface area contributed by atoms with Crippen LogP contribution in [-0.4, -0.2) is 20.4 Å². The maximum atomic E-state index is 10.9. The van der Waals surface area contributed by atoms with Gasteiger partial charge in [-0.3, -0.25) is 4.21 Å². The Balaban J connectivity index is 3.19. The van der Waals surface area contributed by atoms with E-state index < -0.39 is 10.8 Å². The average molecular weight is 170 g/mol. The van der Waals surface area contributed by atoms with E-state index in [-0.39, 0.29) is 0 Å². The van der Waals surface area contributed by atoms with Crippen LogP contribution in [-0.2, 0) is 10.8 Å². The van der Waals surface area contributed by atoms with Gasteiger partial charge in [0.1, 0.15) is 0 Å². The molecule has 0 fully saturated rings. The second-order valence-corrected chi connectivity index (χ2v) is 3.66. The van der Waals surface area contributed by atoms with Crippen molar-refractivity contribution in [2.45, 2.75) is 19.0 Å². The number of aromatic nitrogens is 2. The van der Waals surface area contributed by atoms with Crippen molar-refractivity contribution in [3.63, 3.8) is 0 Å². The van der Waals surface area contributed by atoms with Gasteiger partial charge in [-0.2, -0.15) is 0 Å². The van der Waals surface area contributed by atoms with Crippen LogP contribution in [0.15, 0.2) is 11.2 Å². The van der Waals surface area contributed by atoms with Gasteiger partial charge in [-0.05, 0) is 19.9 Å². The van der Waals surface area contributed by atoms with Gasteiger partial charge in [0.05, 0.1) is 10.8 Å². The maximum Gasteiger partial charge on any atom is 0.218 e. The summed E-state index contributed by atoms with van der Waals surface area (Å²) >= 11 is 0. The molecule has 0 N–H and O–H groups in total. The van der Waals surface area contributed by atoms with Gasteiger partial charge >= 0.3 is 0 Å². The predicted molar refractivity (Wildman–Crippen MR) is 43.8 cm³/mol. The van der Waals surface area contributed by atoms with E-state index in [2.05, 4.69) is 9.97 Å². The zero-order chi connectivity index (χ0) is 8.43. The average Bonchev–Trinajstić information content (AvgIpc) is 1.85. The molecular weight excluding hydrogens is 160 g/mol. The summed E-state index contributed by atoms with van der Waals surface area (Å²) in [5.74, 6) is 0. The van der Waals surface area contributed by atoms with Gasteiger partial charge in [-0.25, -0.2) is 9.97 Å². The Hall–Kier alpha value is -0.770. The van der Waals surface area contributed by atoms with E-state index in [4.69, 9.17) is 0 Å². The van der Waals surface area contributed by atoms with Crippen LogP contribution in [0.1, 0.15) is 11.4 Å². The van der Waals surface area contributed by atoms with Crippen LogP contribution in [0, 0.1) is 13.8 Å². The monoisotopic (exact) mass is 170 g/mol. The first-order chi connectivity index (χ1) is 5.09. The molecule has 3 nitrogen and oxygen atoms in total. The molecule has 0 bridgehead atoms. The normalized spacial score (nSPS) is 13.0. The third kappa shape index (κ3) is 2.08. The zero-order valence-corrected chi connectivity index (χ0v) is 7.60. The molecule has 1 aromatic rings. The third-order valence-electron chi connectivity index (χ3n) is 1.22. The molecule has 0 radical (unpaired) electrons. The quantitative estimate of drug-likeness (QED) is 0.586. The molecule has 0 aliphatic heterocycles. The van der Waals surface area contributed by atoms with E-state index in [1.807, 2.05) is 19.9 Å². The van der Waals surface area contributed by atoms with Crippen molar-refractivity contribution in [1.29, 1.82) is 0 Å². The molecule has 0 aliphatic rings. The van der Waals surface area contributed by atoms with Gasteiger partial charge in [0.15, 0.2) is 0 Å². The molecule has 0 spiro atoms. The Kier molecular flexibility index (Phi) is 2.34. The molecule has 0 aromatic carbocycles. The Morgan fingerprint density at radius 3 is 2.09 bits per heavy atom. The summed E-state index contributed by atoms with van der Waals surface area (Å²) in [5, 5.41) is 0.419. The van der Waals surface area contributed by atoms with E-state index >= 15 is 0 Å². The fourth-order valence-electron chi connectivity index (χ4n) is 0.822. The second-order valence-electron chi connectivity index (χ2n) is 2.39. The smallest absolute Gasteiger partial charge is 0.218 e. The van der Waals surface area contributed by atoms with Crippen molar-refractivity contribution in [1.82, 2.24) is 9.97 Å². The molecule has 4 heteroatoms. The number of hydrogen-bond acceptors (Lipinski definition) is 3. The summed E-state index contributed by atoms with van der Waals surface area (Å²) in [7, 11) is -1.07. The summed E-state index contributed by atoms with van der Waals surface area (Å²) in [6.45, 7) is 3.73. The SMILES string of the molecule is Cc1cc(C)nc(S(C)=O)n1. The van der Waals surface area contributed by atoms with Crippen LogP contribution >= 0.6 is 0 Å². The summed E-state index contributed by atoms with van der Waals surface area (Å²) < 4.78 is 10.9. The van der Waals surface area contributed by atoms with Crippen LogP contribution in [0.25, 0.3) is 0 Å². The van der Waals surface area contributed by atoms with Crippen LogP contribution in [0.5, 0.6) is 0 Å². The first-order valence-corrected chi connectivity index (χ1v) is 4.81. The fourth-order valence-corrected chi connectivity index (χ4v) is 1.37. The minimum absolute atomic E-state index is 0.419. The molecule has 11 heavy (non-hydrogen) atoms. The summed E-state index contributed by atoms with van der Waals surface area (Å²) in [5.41, 5.74) is 1.73. The van der Waals surface area contributed by atoms with E-state index in [0.717, 1.165) is 11.4 Å². The lowest BCUT2D eigenvalue weighted by Crippen LogP contribution is -1.99. The molecule has 1 atom stereocenters. The second kappa shape index (κ2) is 3.09. The summed E-state index contributed by atoms with van der Waals surface area (Å²) in [4.78, 5) is 8.04. The topological polar surface area (TPSA) is 42.9 Å². The molecule has 1 unspecified atom stereocenters. The van der Waals surface area contributed by atoms with Crippen molar-refractivity contribution in [3.05, 3.63) is 17.5 Å². The molecule has 1 heterocycles. The maximum absolute atomic E-state index is 10.9. The summed E-state index contributed by atoms with van der Waals surface area (Å²) in [6.07, 6.45) is 1.58. The minimum atomic E-state index is -1.07. The van der Waals surface area contributed by atoms with Crippen LogP contribution in [0.2, 0.25) is 0 Å². The molecule has 0 saturated carbocycles. The molecule has 1 rings (SSSR count). The van der Waals surface area contributed by atoms with Crippen molar-refractivity contribution in [2.75, 3.05) is 6.26 Å². The number of nitrogens with zero attached hydrogens (tertiary/aromatic N) is 2. The third-order valence-corrected chi connectivity index (χ3v) is 1.92. The minimum Gasteiger partial charge on any atom is -0.251 e. The lowest BCUT2D eigenvalue weighted by molar-refractivity contribution is 0.678. The van der Waals surface area contributed by atoms with Crippen molar-refractivity contribution in [2.24, 2.45) is 0 Å².